The van der Waals surface area contributed by atoms with E-state index in [1.165, 1.54) is 12.2 Å². The molecule has 12 heteroatoms. The van der Waals surface area contributed by atoms with Gasteiger partial charge in [-0.3, -0.25) is 0 Å². The van der Waals surface area contributed by atoms with Crippen molar-refractivity contribution in [1.29, 1.82) is 5.26 Å². The zero-order chi connectivity index (χ0) is 26.6. The van der Waals surface area contributed by atoms with Gasteiger partial charge in [0.05, 0.1) is 13.1 Å². The van der Waals surface area contributed by atoms with Crippen LogP contribution in [0.25, 0.3) is 0 Å². The minimum atomic E-state index is -1.08. The summed E-state index contributed by atoms with van der Waals surface area (Å²) in [5, 5.41) is 9.13. The van der Waals surface area contributed by atoms with E-state index in [1.54, 1.807) is 6.26 Å². The molecule has 0 amide bonds. The molecule has 0 aromatic carbocycles. The number of ether oxygens (including phenoxy) is 1. The molecule has 12 nitrogen and oxygen atoms in total. The van der Waals surface area contributed by atoms with Crippen molar-refractivity contribution in [2.24, 2.45) is 9.98 Å². The first-order valence-electron chi connectivity index (χ1n) is 12.6. The summed E-state index contributed by atoms with van der Waals surface area (Å²) >= 11 is 0. The van der Waals surface area contributed by atoms with Gasteiger partial charge in [0.25, 0.3) is 6.26 Å². The lowest BCUT2D eigenvalue weighted by atomic mass is 10.2. The van der Waals surface area contributed by atoms with Crippen LogP contribution in [-0.2, 0) is 27.4 Å². The van der Waals surface area contributed by atoms with E-state index in [0.29, 0.717) is 64.5 Å². The minimum Gasteiger partial charge on any atom is -0.401 e. The molecule has 0 N–H and O–H groups in total. The average Bonchev–Trinajstić information content (AvgIpc) is 2.86. The van der Waals surface area contributed by atoms with Gasteiger partial charge in [-0.2, -0.15) is 5.26 Å². The first kappa shape index (κ1) is 30.5. The summed E-state index contributed by atoms with van der Waals surface area (Å²) in [4.78, 5) is 66.8. The van der Waals surface area contributed by atoms with Gasteiger partial charge in [0.15, 0.2) is 6.23 Å². The van der Waals surface area contributed by atoms with Crippen molar-refractivity contribution < 1.29 is 14.3 Å². The predicted molar refractivity (Wildman–Crippen MR) is 132 cm³/mol. The van der Waals surface area contributed by atoms with Gasteiger partial charge in [0.1, 0.15) is 0 Å². The van der Waals surface area contributed by atoms with Crippen LogP contribution in [0.2, 0.25) is 0 Å². The summed E-state index contributed by atoms with van der Waals surface area (Å²) in [6, 6.07) is 0. The summed E-state index contributed by atoms with van der Waals surface area (Å²) < 4.78 is 8.07. The van der Waals surface area contributed by atoms with E-state index in [9.17, 15) is 24.0 Å². The molecule has 198 valence electrons. The van der Waals surface area contributed by atoms with E-state index in [0.717, 1.165) is 39.4 Å². The van der Waals surface area contributed by atoms with Gasteiger partial charge in [-0.1, -0.05) is 45.4 Å². The Hall–Kier alpha value is -3.54. The lowest BCUT2D eigenvalue weighted by Gasteiger charge is -2.19. The van der Waals surface area contributed by atoms with E-state index in [2.05, 4.69) is 9.98 Å². The van der Waals surface area contributed by atoms with Gasteiger partial charge in [-0.05, 0) is 32.1 Å². The van der Waals surface area contributed by atoms with E-state index in [1.807, 2.05) is 6.92 Å². The highest BCUT2D eigenvalue weighted by atomic mass is 16.5. The molecule has 36 heavy (non-hydrogen) atoms. The second-order valence-corrected chi connectivity index (χ2v) is 8.46. The molecule has 1 unspecified atom stereocenters. The molecular weight excluding hydrogens is 468 g/mol. The zero-order valence-electron chi connectivity index (χ0n) is 21.0. The molecule has 0 fully saturated rings. The third kappa shape index (κ3) is 10.4. The molecule has 0 aliphatic carbocycles. The highest BCUT2D eigenvalue weighted by Gasteiger charge is 2.23. The molecule has 0 radical (unpaired) electrons. The molecule has 1 heterocycles. The van der Waals surface area contributed by atoms with Gasteiger partial charge >= 0.3 is 17.1 Å². The number of aromatic nitrogens is 3. The molecule has 0 aliphatic heterocycles. The Kier molecular flexibility index (Phi) is 15.9. The second kappa shape index (κ2) is 18.7. The third-order valence-electron chi connectivity index (χ3n) is 5.80. The van der Waals surface area contributed by atoms with E-state index < -0.39 is 23.3 Å². The Balaban J connectivity index is 3.17. The number of rotatable bonds is 20. The van der Waals surface area contributed by atoms with Crippen molar-refractivity contribution in [2.45, 2.75) is 103 Å². The normalized spacial score (nSPS) is 11.2. The fourth-order valence-electron chi connectivity index (χ4n) is 3.87. The Morgan fingerprint density at radius 2 is 1.25 bits per heavy atom. The van der Waals surface area contributed by atoms with E-state index in [4.69, 9.17) is 10.00 Å². The predicted octanol–water partition coefficient (Wildman–Crippen LogP) is 2.54. The molecule has 0 spiro atoms. The number of aliphatic imine (C=N–C) groups is 2. The molecule has 1 rings (SSSR count). The Morgan fingerprint density at radius 3 is 1.69 bits per heavy atom. The van der Waals surface area contributed by atoms with Crippen molar-refractivity contribution in [3.63, 3.8) is 0 Å². The SMILES string of the molecule is CCCCCC(OC#N)n1c(=O)n(CCCCCCN=C=O)c(=O)n(CCCCCCN=C=O)c1=O. The van der Waals surface area contributed by atoms with Crippen LogP contribution in [0.3, 0.4) is 0 Å². The highest BCUT2D eigenvalue weighted by molar-refractivity contribution is 5.32. The molecule has 1 aromatic rings. The smallest absolute Gasteiger partial charge is 0.339 e. The lowest BCUT2D eigenvalue weighted by molar-refractivity contribution is 0.0692. The maximum Gasteiger partial charge on any atom is 0.339 e. The molecule has 1 aromatic heterocycles. The van der Waals surface area contributed by atoms with Crippen molar-refractivity contribution >= 4 is 12.2 Å². The van der Waals surface area contributed by atoms with Crippen LogP contribution in [0.5, 0.6) is 0 Å². The largest absolute Gasteiger partial charge is 0.401 e. The molecule has 0 bridgehead atoms. The number of nitriles is 1. The summed E-state index contributed by atoms with van der Waals surface area (Å²) in [5.41, 5.74) is -2.24. The van der Waals surface area contributed by atoms with Gasteiger partial charge in [0.2, 0.25) is 12.2 Å². The summed E-state index contributed by atoms with van der Waals surface area (Å²) in [6.07, 6.45) is 11.6. The first-order chi connectivity index (χ1) is 17.5. The number of hydrogen-bond acceptors (Lipinski definition) is 9. The van der Waals surface area contributed by atoms with E-state index in [-0.39, 0.29) is 13.1 Å². The number of carbonyl (C=O) groups excluding carboxylic acids is 2. The number of nitrogens with zero attached hydrogens (tertiary/aromatic N) is 6. The Labute approximate surface area is 209 Å². The van der Waals surface area contributed by atoms with Gasteiger partial charge < -0.3 is 4.74 Å². The number of hydrogen-bond donors (Lipinski definition) is 0. The Morgan fingerprint density at radius 1 is 0.750 bits per heavy atom. The van der Waals surface area contributed by atoms with Crippen LogP contribution >= 0.6 is 0 Å². The molecule has 0 saturated heterocycles. The Bertz CT molecular complexity index is 1030. The number of unbranched alkanes of at least 4 members (excludes halogenated alkanes) is 8. The summed E-state index contributed by atoms with van der Waals surface area (Å²) in [7, 11) is 0. The van der Waals surface area contributed by atoms with Crippen molar-refractivity contribution in [3.05, 3.63) is 31.5 Å². The lowest BCUT2D eigenvalue weighted by Crippen LogP contribution is -2.55. The second-order valence-electron chi connectivity index (χ2n) is 8.46. The fourth-order valence-corrected chi connectivity index (χ4v) is 3.87. The van der Waals surface area contributed by atoms with Crippen LogP contribution in [0.4, 0.5) is 0 Å². The van der Waals surface area contributed by atoms with E-state index >= 15 is 0 Å². The average molecular weight is 505 g/mol. The monoisotopic (exact) mass is 504 g/mol. The van der Waals surface area contributed by atoms with Crippen LogP contribution in [0, 0.1) is 11.5 Å². The minimum absolute atomic E-state index is 0.118. The van der Waals surface area contributed by atoms with Gasteiger partial charge in [-0.25, -0.2) is 47.7 Å². The van der Waals surface area contributed by atoms with Crippen LogP contribution in [0.1, 0.15) is 90.2 Å². The molecule has 0 aliphatic rings. The van der Waals surface area contributed by atoms with Crippen LogP contribution in [0.15, 0.2) is 24.4 Å². The molecule has 0 saturated carbocycles. The van der Waals surface area contributed by atoms with Gasteiger partial charge in [-0.15, -0.1) is 0 Å². The number of isocyanates is 2. The van der Waals surface area contributed by atoms with Crippen molar-refractivity contribution in [1.82, 2.24) is 13.7 Å². The maximum atomic E-state index is 13.2. The maximum absolute atomic E-state index is 13.2. The van der Waals surface area contributed by atoms with Crippen molar-refractivity contribution in [3.8, 4) is 6.26 Å². The van der Waals surface area contributed by atoms with Crippen LogP contribution in [-0.4, -0.2) is 39.0 Å². The van der Waals surface area contributed by atoms with Crippen LogP contribution < -0.4 is 17.1 Å². The van der Waals surface area contributed by atoms with Gasteiger partial charge in [0, 0.05) is 19.5 Å². The topological polar surface area (TPSA) is 158 Å². The summed E-state index contributed by atoms with van der Waals surface area (Å²) in [5.74, 6) is 0. The van der Waals surface area contributed by atoms with Crippen molar-refractivity contribution in [2.75, 3.05) is 13.1 Å². The molecule has 1 atom stereocenters. The zero-order valence-corrected chi connectivity index (χ0v) is 21.0. The first-order valence-corrected chi connectivity index (χ1v) is 12.6. The molecular formula is C24H36N6O6. The standard InChI is InChI=1S/C24H36N6O6/c1-2-3-8-13-21(36-18-25)30-23(34)28(16-11-6-4-9-14-26-19-31)22(33)29(24(30)35)17-12-7-5-10-15-27-20-32/h21H,2-17H2,1H3. The highest BCUT2D eigenvalue weighted by Crippen LogP contribution is 2.14. The quantitative estimate of drug-likeness (QED) is 0.114. The fraction of sp³-hybridized carbons (Fsp3) is 0.750. The third-order valence-corrected chi connectivity index (χ3v) is 5.80. The summed E-state index contributed by atoms with van der Waals surface area (Å²) in [6.45, 7) is 3.01.